The van der Waals surface area contributed by atoms with E-state index in [2.05, 4.69) is 34.4 Å². The second-order valence-electron chi connectivity index (χ2n) is 5.80. The van der Waals surface area contributed by atoms with Gasteiger partial charge in [-0.05, 0) is 51.5 Å². The highest BCUT2D eigenvalue weighted by atomic mass is 32.2. The average Bonchev–Trinajstić information content (AvgIpc) is 3.04. The number of hydrogen-bond donors (Lipinski definition) is 1. The quantitative estimate of drug-likeness (QED) is 0.562. The lowest BCUT2D eigenvalue weighted by Gasteiger charge is -2.05. The van der Waals surface area contributed by atoms with Crippen molar-refractivity contribution in [3.8, 4) is 0 Å². The van der Waals surface area contributed by atoms with Gasteiger partial charge in [0.2, 0.25) is 0 Å². The minimum atomic E-state index is 0.152. The second kappa shape index (κ2) is 6.24. The van der Waals surface area contributed by atoms with Crippen molar-refractivity contribution in [1.82, 2.24) is 14.5 Å². The highest BCUT2D eigenvalue weighted by Gasteiger charge is 2.16. The molecule has 0 aliphatic heterocycles. The van der Waals surface area contributed by atoms with E-state index in [-0.39, 0.29) is 5.78 Å². The van der Waals surface area contributed by atoms with Crippen LogP contribution in [0.3, 0.4) is 0 Å². The SMILES string of the molecule is CCn1c(C)cc(C(=O)CSc2nc3ccc(C)cc3[nH]2)c1C. The molecular weight excluding hydrogens is 306 g/mol. The molecule has 1 N–H and O–H groups in total. The Morgan fingerprint density at radius 3 is 2.74 bits per heavy atom. The van der Waals surface area contributed by atoms with Gasteiger partial charge in [-0.2, -0.15) is 0 Å². The van der Waals surface area contributed by atoms with Gasteiger partial charge in [-0.25, -0.2) is 4.98 Å². The van der Waals surface area contributed by atoms with E-state index in [0.29, 0.717) is 5.75 Å². The Labute approximate surface area is 140 Å². The molecule has 2 aromatic heterocycles. The van der Waals surface area contributed by atoms with Crippen molar-refractivity contribution < 1.29 is 4.79 Å². The smallest absolute Gasteiger partial charge is 0.175 e. The van der Waals surface area contributed by atoms with Crippen molar-refractivity contribution in [3.63, 3.8) is 0 Å². The Morgan fingerprint density at radius 1 is 1.26 bits per heavy atom. The van der Waals surface area contributed by atoms with Crippen LogP contribution in [0.2, 0.25) is 0 Å². The van der Waals surface area contributed by atoms with Crippen LogP contribution in [-0.4, -0.2) is 26.1 Å². The van der Waals surface area contributed by atoms with Gasteiger partial charge in [-0.1, -0.05) is 17.8 Å². The van der Waals surface area contributed by atoms with Crippen LogP contribution in [0.15, 0.2) is 29.4 Å². The molecule has 0 saturated carbocycles. The zero-order chi connectivity index (χ0) is 16.6. The molecule has 0 amide bonds. The molecule has 0 aliphatic carbocycles. The van der Waals surface area contributed by atoms with Crippen LogP contribution in [0.4, 0.5) is 0 Å². The lowest BCUT2D eigenvalue weighted by Crippen LogP contribution is -2.06. The van der Waals surface area contributed by atoms with Gasteiger partial charge >= 0.3 is 0 Å². The summed E-state index contributed by atoms with van der Waals surface area (Å²) in [6.45, 7) is 9.10. The number of imidazole rings is 1. The van der Waals surface area contributed by atoms with Gasteiger partial charge in [0.25, 0.3) is 0 Å². The molecule has 0 bridgehead atoms. The molecule has 1 aromatic carbocycles. The molecule has 0 radical (unpaired) electrons. The number of benzene rings is 1. The summed E-state index contributed by atoms with van der Waals surface area (Å²) in [5.41, 5.74) is 6.16. The van der Waals surface area contributed by atoms with E-state index in [1.807, 2.05) is 32.0 Å². The number of aromatic amines is 1. The number of hydrogen-bond acceptors (Lipinski definition) is 3. The number of aryl methyl sites for hydroxylation is 2. The van der Waals surface area contributed by atoms with Crippen LogP contribution in [0, 0.1) is 20.8 Å². The lowest BCUT2D eigenvalue weighted by atomic mass is 10.2. The molecular formula is C18H21N3OS. The lowest BCUT2D eigenvalue weighted by molar-refractivity contribution is 0.102. The zero-order valence-corrected chi connectivity index (χ0v) is 14.8. The molecule has 0 fully saturated rings. The van der Waals surface area contributed by atoms with Gasteiger partial charge in [-0.3, -0.25) is 4.79 Å². The Balaban J connectivity index is 1.75. The van der Waals surface area contributed by atoms with E-state index in [1.165, 1.54) is 17.3 Å². The van der Waals surface area contributed by atoms with Crippen LogP contribution in [0.25, 0.3) is 11.0 Å². The van der Waals surface area contributed by atoms with Gasteiger partial charge in [0.15, 0.2) is 10.9 Å². The van der Waals surface area contributed by atoms with Crippen LogP contribution in [0.1, 0.15) is 34.2 Å². The molecule has 0 unspecified atom stereocenters. The maximum absolute atomic E-state index is 12.5. The highest BCUT2D eigenvalue weighted by Crippen LogP contribution is 2.23. The maximum Gasteiger partial charge on any atom is 0.175 e. The first-order chi connectivity index (χ1) is 11.0. The normalized spacial score (nSPS) is 11.3. The van der Waals surface area contributed by atoms with Crippen molar-refractivity contribution in [3.05, 3.63) is 46.8 Å². The predicted molar refractivity (Wildman–Crippen MR) is 95.5 cm³/mol. The molecule has 120 valence electrons. The zero-order valence-electron chi connectivity index (χ0n) is 13.9. The standard InChI is InChI=1S/C18H21N3OS/c1-5-21-12(3)9-14(13(21)4)17(22)10-23-18-19-15-7-6-11(2)8-16(15)20-18/h6-9H,5,10H2,1-4H3,(H,19,20). The summed E-state index contributed by atoms with van der Waals surface area (Å²) in [5.74, 6) is 0.548. The number of aromatic nitrogens is 3. The van der Waals surface area contributed by atoms with E-state index < -0.39 is 0 Å². The van der Waals surface area contributed by atoms with Gasteiger partial charge in [-0.15, -0.1) is 0 Å². The molecule has 0 atom stereocenters. The fraction of sp³-hybridized carbons (Fsp3) is 0.333. The maximum atomic E-state index is 12.5. The Morgan fingerprint density at radius 2 is 2.04 bits per heavy atom. The van der Waals surface area contributed by atoms with E-state index in [4.69, 9.17) is 0 Å². The van der Waals surface area contributed by atoms with Crippen molar-refractivity contribution in [1.29, 1.82) is 0 Å². The number of carbonyl (C=O) groups is 1. The molecule has 3 rings (SSSR count). The van der Waals surface area contributed by atoms with Crippen molar-refractivity contribution in [2.24, 2.45) is 0 Å². The van der Waals surface area contributed by atoms with Crippen molar-refractivity contribution in [2.75, 3.05) is 5.75 Å². The highest BCUT2D eigenvalue weighted by molar-refractivity contribution is 7.99. The van der Waals surface area contributed by atoms with Gasteiger partial charge in [0.05, 0.1) is 16.8 Å². The topological polar surface area (TPSA) is 50.7 Å². The number of nitrogens with one attached hydrogen (secondary N) is 1. The number of Topliss-reactive ketones (excluding diaryl/α,β-unsaturated/α-hetero) is 1. The third kappa shape index (κ3) is 3.06. The van der Waals surface area contributed by atoms with Crippen LogP contribution < -0.4 is 0 Å². The molecule has 3 aromatic rings. The first-order valence-electron chi connectivity index (χ1n) is 7.78. The predicted octanol–water partition coefficient (Wildman–Crippen LogP) is 4.28. The fourth-order valence-corrected chi connectivity index (χ4v) is 3.72. The average molecular weight is 327 g/mol. The molecule has 23 heavy (non-hydrogen) atoms. The first kappa shape index (κ1) is 15.9. The molecule has 0 saturated heterocycles. The third-order valence-electron chi connectivity index (χ3n) is 4.15. The second-order valence-corrected chi connectivity index (χ2v) is 6.77. The molecule has 4 nitrogen and oxygen atoms in total. The molecule has 2 heterocycles. The van der Waals surface area contributed by atoms with Crippen LogP contribution >= 0.6 is 11.8 Å². The van der Waals surface area contributed by atoms with E-state index >= 15 is 0 Å². The number of ketones is 1. The summed E-state index contributed by atoms with van der Waals surface area (Å²) in [7, 11) is 0. The summed E-state index contributed by atoms with van der Waals surface area (Å²) in [6, 6.07) is 8.11. The molecule has 5 heteroatoms. The number of H-pyrrole nitrogens is 1. The largest absolute Gasteiger partial charge is 0.349 e. The van der Waals surface area contributed by atoms with E-state index in [0.717, 1.165) is 39.7 Å². The summed E-state index contributed by atoms with van der Waals surface area (Å²) in [4.78, 5) is 20.3. The fourth-order valence-electron chi connectivity index (χ4n) is 2.95. The van der Waals surface area contributed by atoms with E-state index in [1.54, 1.807) is 0 Å². The number of nitrogens with zero attached hydrogens (tertiary/aromatic N) is 2. The summed E-state index contributed by atoms with van der Waals surface area (Å²) in [6.07, 6.45) is 0. The number of thioether (sulfide) groups is 1. The van der Waals surface area contributed by atoms with Crippen LogP contribution in [-0.2, 0) is 6.54 Å². The Bertz CT molecular complexity index is 876. The van der Waals surface area contributed by atoms with Crippen molar-refractivity contribution >= 4 is 28.6 Å². The summed E-state index contributed by atoms with van der Waals surface area (Å²) in [5, 5.41) is 0.795. The van der Waals surface area contributed by atoms with Gasteiger partial charge < -0.3 is 9.55 Å². The number of carbonyl (C=O) groups excluding carboxylic acids is 1. The minimum Gasteiger partial charge on any atom is -0.349 e. The molecule has 0 aliphatic rings. The Hall–Kier alpha value is -2.01. The van der Waals surface area contributed by atoms with Crippen LogP contribution in [0.5, 0.6) is 0 Å². The number of fused-ring (bicyclic) bond motifs is 1. The van der Waals surface area contributed by atoms with Crippen molar-refractivity contribution in [2.45, 2.75) is 39.4 Å². The third-order valence-corrected chi connectivity index (χ3v) is 5.02. The van der Waals surface area contributed by atoms with Gasteiger partial charge in [0.1, 0.15) is 0 Å². The Kier molecular flexibility index (Phi) is 4.31. The molecule has 0 spiro atoms. The summed E-state index contributed by atoms with van der Waals surface area (Å²) >= 11 is 1.46. The minimum absolute atomic E-state index is 0.152. The number of rotatable bonds is 5. The summed E-state index contributed by atoms with van der Waals surface area (Å²) < 4.78 is 2.17. The van der Waals surface area contributed by atoms with E-state index in [9.17, 15) is 4.79 Å². The first-order valence-corrected chi connectivity index (χ1v) is 8.77. The van der Waals surface area contributed by atoms with Gasteiger partial charge in [0, 0.05) is 23.5 Å². The monoisotopic (exact) mass is 327 g/mol.